The van der Waals surface area contributed by atoms with Crippen molar-refractivity contribution in [2.24, 2.45) is 5.10 Å². The zero-order chi connectivity index (χ0) is 24.1. The second-order valence-corrected chi connectivity index (χ2v) is 8.01. The number of carbonyl (C=O) groups is 2. The number of hydrogen-bond donors (Lipinski definition) is 1. The highest BCUT2D eigenvalue weighted by Gasteiger charge is 2.17. The van der Waals surface area contributed by atoms with Crippen LogP contribution in [0.5, 0.6) is 11.5 Å². The molecule has 0 aromatic heterocycles. The van der Waals surface area contributed by atoms with Gasteiger partial charge in [-0.25, -0.2) is 10.2 Å². The summed E-state index contributed by atoms with van der Waals surface area (Å²) >= 11 is 12.1. The number of benzene rings is 4. The molecule has 0 unspecified atom stereocenters. The minimum absolute atomic E-state index is 0.164. The van der Waals surface area contributed by atoms with E-state index in [1.54, 1.807) is 36.4 Å². The number of nitrogens with one attached hydrogen (secondary N) is 1. The highest BCUT2D eigenvalue weighted by molar-refractivity contribution is 6.31. The Balaban J connectivity index is 1.55. The summed E-state index contributed by atoms with van der Waals surface area (Å²) in [7, 11) is 1.44. The van der Waals surface area contributed by atoms with Gasteiger partial charge in [0.05, 0.1) is 13.3 Å². The van der Waals surface area contributed by atoms with Gasteiger partial charge < -0.3 is 9.47 Å². The zero-order valence-corrected chi connectivity index (χ0v) is 19.4. The summed E-state index contributed by atoms with van der Waals surface area (Å²) in [6.07, 6.45) is 1.35. The van der Waals surface area contributed by atoms with Crippen LogP contribution in [0, 0.1) is 0 Å². The Hall–Kier alpha value is -3.87. The fourth-order valence-electron chi connectivity index (χ4n) is 3.35. The molecule has 34 heavy (non-hydrogen) atoms. The van der Waals surface area contributed by atoms with Crippen molar-refractivity contribution in [3.63, 3.8) is 0 Å². The number of ether oxygens (including phenoxy) is 2. The topological polar surface area (TPSA) is 77.0 Å². The molecule has 0 radical (unpaired) electrons. The molecule has 1 amide bonds. The lowest BCUT2D eigenvalue weighted by molar-refractivity contribution is 0.0730. The molecular weight excluding hydrogens is 475 g/mol. The van der Waals surface area contributed by atoms with Crippen LogP contribution in [0.4, 0.5) is 0 Å². The number of rotatable bonds is 6. The molecule has 0 bridgehead atoms. The Kier molecular flexibility index (Phi) is 7.11. The number of fused-ring (bicyclic) bond motifs is 1. The van der Waals surface area contributed by atoms with Gasteiger partial charge in [0, 0.05) is 21.2 Å². The predicted octanol–water partition coefficient (Wildman–Crippen LogP) is 6.14. The molecule has 0 spiro atoms. The number of hydrogen-bond acceptors (Lipinski definition) is 5. The first kappa shape index (κ1) is 23.3. The SMILES string of the molecule is COc1ccc(Cl)cc1C(=O)Oc1ccc(Cl)cc1/C=N/NC(=O)c1cccc2ccccc12. The van der Waals surface area contributed by atoms with E-state index in [9.17, 15) is 9.59 Å². The smallest absolute Gasteiger partial charge is 0.347 e. The van der Waals surface area contributed by atoms with E-state index in [1.807, 2.05) is 30.3 Å². The number of amides is 1. The molecule has 4 rings (SSSR count). The van der Waals surface area contributed by atoms with E-state index < -0.39 is 5.97 Å². The van der Waals surface area contributed by atoms with Crippen LogP contribution in [0.1, 0.15) is 26.3 Å². The lowest BCUT2D eigenvalue weighted by Gasteiger charge is -2.11. The molecule has 0 heterocycles. The molecule has 170 valence electrons. The molecular formula is C26H18Cl2N2O4. The molecule has 4 aromatic carbocycles. The molecule has 8 heteroatoms. The molecule has 0 saturated carbocycles. The van der Waals surface area contributed by atoms with Gasteiger partial charge in [0.15, 0.2) is 0 Å². The van der Waals surface area contributed by atoms with Crippen molar-refractivity contribution in [2.45, 2.75) is 0 Å². The van der Waals surface area contributed by atoms with Gasteiger partial charge in [-0.3, -0.25) is 4.79 Å². The summed E-state index contributed by atoms with van der Waals surface area (Å²) in [4.78, 5) is 25.5. The minimum Gasteiger partial charge on any atom is -0.496 e. The van der Waals surface area contributed by atoms with Gasteiger partial charge in [0.2, 0.25) is 0 Å². The number of nitrogens with zero attached hydrogens (tertiary/aromatic N) is 1. The maximum Gasteiger partial charge on any atom is 0.347 e. The second-order valence-electron chi connectivity index (χ2n) is 7.14. The molecule has 1 N–H and O–H groups in total. The third kappa shape index (κ3) is 5.20. The monoisotopic (exact) mass is 492 g/mol. The summed E-state index contributed by atoms with van der Waals surface area (Å²) < 4.78 is 10.8. The van der Waals surface area contributed by atoms with E-state index in [4.69, 9.17) is 32.7 Å². The Morgan fingerprint density at radius 3 is 2.35 bits per heavy atom. The third-order valence-electron chi connectivity index (χ3n) is 4.96. The standard InChI is InChI=1S/C26H18Cl2N2O4/c1-33-24-12-10-19(28)14-22(24)26(32)34-23-11-9-18(27)13-17(23)15-29-30-25(31)21-8-4-6-16-5-2-3-7-20(16)21/h2-15H,1H3,(H,30,31)/b29-15+. The molecule has 0 aliphatic heterocycles. The Bertz CT molecular complexity index is 1410. The van der Waals surface area contributed by atoms with Gasteiger partial charge in [-0.1, -0.05) is 59.6 Å². The summed E-state index contributed by atoms with van der Waals surface area (Å²) in [5, 5.41) is 6.56. The van der Waals surface area contributed by atoms with Gasteiger partial charge in [-0.05, 0) is 53.2 Å². The highest BCUT2D eigenvalue weighted by atomic mass is 35.5. The summed E-state index contributed by atoms with van der Waals surface area (Å²) in [6.45, 7) is 0. The van der Waals surface area contributed by atoms with Crippen LogP contribution >= 0.6 is 23.2 Å². The van der Waals surface area contributed by atoms with Gasteiger partial charge in [0.25, 0.3) is 5.91 Å². The van der Waals surface area contributed by atoms with Crippen LogP contribution in [0.15, 0.2) is 84.0 Å². The first-order valence-electron chi connectivity index (χ1n) is 10.1. The largest absolute Gasteiger partial charge is 0.496 e. The maximum atomic E-state index is 12.8. The van der Waals surface area contributed by atoms with Gasteiger partial charge in [-0.15, -0.1) is 0 Å². The van der Waals surface area contributed by atoms with Crippen molar-refractivity contribution < 1.29 is 19.1 Å². The Labute approximate surface area is 205 Å². The predicted molar refractivity (Wildman–Crippen MR) is 133 cm³/mol. The van der Waals surface area contributed by atoms with Crippen molar-refractivity contribution in [2.75, 3.05) is 7.11 Å². The molecule has 0 atom stereocenters. The molecule has 4 aromatic rings. The van der Waals surface area contributed by atoms with Crippen molar-refractivity contribution in [3.8, 4) is 11.5 Å². The van der Waals surface area contributed by atoms with E-state index in [1.165, 1.54) is 25.5 Å². The van der Waals surface area contributed by atoms with E-state index in [2.05, 4.69) is 10.5 Å². The Morgan fingerprint density at radius 1 is 0.853 bits per heavy atom. The zero-order valence-electron chi connectivity index (χ0n) is 17.9. The second kappa shape index (κ2) is 10.4. The third-order valence-corrected chi connectivity index (χ3v) is 5.43. The van der Waals surface area contributed by atoms with Crippen molar-refractivity contribution in [1.82, 2.24) is 5.43 Å². The number of methoxy groups -OCH3 is 1. The first-order chi connectivity index (χ1) is 16.5. The van der Waals surface area contributed by atoms with Crippen molar-refractivity contribution in [1.29, 1.82) is 0 Å². The van der Waals surface area contributed by atoms with Gasteiger partial charge in [-0.2, -0.15) is 5.10 Å². The number of carbonyl (C=O) groups excluding carboxylic acids is 2. The average molecular weight is 493 g/mol. The number of esters is 1. The summed E-state index contributed by atoms with van der Waals surface area (Å²) in [5.41, 5.74) is 3.55. The van der Waals surface area contributed by atoms with Crippen molar-refractivity contribution in [3.05, 3.63) is 106 Å². The van der Waals surface area contributed by atoms with Crippen molar-refractivity contribution >= 4 is 52.1 Å². The molecule has 0 saturated heterocycles. The normalized spacial score (nSPS) is 10.9. The molecule has 6 nitrogen and oxygen atoms in total. The van der Waals surface area contributed by atoms with Gasteiger partial charge in [0.1, 0.15) is 17.1 Å². The van der Waals surface area contributed by atoms with Crippen LogP contribution < -0.4 is 14.9 Å². The van der Waals surface area contributed by atoms with Crippen LogP contribution in [-0.4, -0.2) is 25.2 Å². The van der Waals surface area contributed by atoms with Crippen LogP contribution in [0.25, 0.3) is 10.8 Å². The van der Waals surface area contributed by atoms with E-state index in [0.29, 0.717) is 26.9 Å². The molecule has 0 aliphatic carbocycles. The summed E-state index contributed by atoms with van der Waals surface area (Å²) in [6, 6.07) is 22.3. The number of hydrazone groups is 1. The van der Waals surface area contributed by atoms with E-state index >= 15 is 0 Å². The summed E-state index contributed by atoms with van der Waals surface area (Å²) in [5.74, 6) is -0.533. The lowest BCUT2D eigenvalue weighted by atomic mass is 10.0. The van der Waals surface area contributed by atoms with Crippen LogP contribution in [0.3, 0.4) is 0 Å². The van der Waals surface area contributed by atoms with Crippen LogP contribution in [0.2, 0.25) is 10.0 Å². The van der Waals surface area contributed by atoms with Crippen LogP contribution in [-0.2, 0) is 0 Å². The lowest BCUT2D eigenvalue weighted by Crippen LogP contribution is -2.18. The molecule has 0 fully saturated rings. The first-order valence-corrected chi connectivity index (χ1v) is 10.9. The minimum atomic E-state index is -0.670. The Morgan fingerprint density at radius 2 is 1.56 bits per heavy atom. The van der Waals surface area contributed by atoms with Gasteiger partial charge >= 0.3 is 5.97 Å². The highest BCUT2D eigenvalue weighted by Crippen LogP contribution is 2.27. The fourth-order valence-corrected chi connectivity index (χ4v) is 3.70. The fraction of sp³-hybridized carbons (Fsp3) is 0.0385. The quantitative estimate of drug-likeness (QED) is 0.152. The maximum absolute atomic E-state index is 12.8. The average Bonchev–Trinajstić information content (AvgIpc) is 2.85. The molecule has 0 aliphatic rings. The number of halogens is 2. The van der Waals surface area contributed by atoms with E-state index in [0.717, 1.165) is 10.8 Å². The van der Waals surface area contributed by atoms with E-state index in [-0.39, 0.29) is 17.2 Å².